The molecule has 2 aromatic carbocycles. The number of amides is 2. The number of rotatable bonds is 4. The average Bonchev–Trinajstić information content (AvgIpc) is 2.75. The third-order valence-electron chi connectivity index (χ3n) is 4.91. The first-order chi connectivity index (χ1) is 16.0. The maximum Gasteiger partial charge on any atom is 0.417 e. The van der Waals surface area contributed by atoms with Gasteiger partial charge in [0, 0.05) is 17.8 Å². The van der Waals surface area contributed by atoms with E-state index in [4.69, 9.17) is 11.6 Å². The van der Waals surface area contributed by atoms with Crippen LogP contribution in [-0.2, 0) is 15.8 Å². The number of aromatic nitrogens is 2. The van der Waals surface area contributed by atoms with Crippen LogP contribution in [0.4, 0.5) is 40.7 Å². The normalized spacial score (nSPS) is 15.3. The number of alkyl halides is 3. The Labute approximate surface area is 193 Å². The van der Waals surface area contributed by atoms with Gasteiger partial charge in [-0.05, 0) is 42.5 Å². The second-order valence-electron chi connectivity index (χ2n) is 7.30. The van der Waals surface area contributed by atoms with E-state index in [1.807, 2.05) is 0 Å². The number of hydrogen-bond donors (Lipinski definition) is 4. The van der Waals surface area contributed by atoms with Crippen LogP contribution in [0.2, 0.25) is 5.02 Å². The smallest absolute Gasteiger partial charge is 0.326 e. The summed E-state index contributed by atoms with van der Waals surface area (Å²) in [7, 11) is 0. The Hall–Kier alpha value is -3.93. The van der Waals surface area contributed by atoms with Gasteiger partial charge in [0.15, 0.2) is 0 Å². The Morgan fingerprint density at radius 3 is 2.44 bits per heavy atom. The number of hydrogen-bond acceptors (Lipinski definition) is 5. The summed E-state index contributed by atoms with van der Waals surface area (Å²) in [5.41, 5.74) is -1.88. The van der Waals surface area contributed by atoms with Gasteiger partial charge in [-0.15, -0.1) is 0 Å². The molecule has 34 heavy (non-hydrogen) atoms. The molecule has 2 amide bonds. The Morgan fingerprint density at radius 1 is 1.09 bits per heavy atom. The van der Waals surface area contributed by atoms with Crippen molar-refractivity contribution < 1.29 is 27.2 Å². The number of carbonyl (C=O) groups excluding carboxylic acids is 2. The molecule has 8 nitrogen and oxygen atoms in total. The molecule has 0 saturated carbocycles. The van der Waals surface area contributed by atoms with Gasteiger partial charge in [0.2, 0.25) is 17.8 Å². The van der Waals surface area contributed by atoms with E-state index in [1.54, 1.807) is 0 Å². The molecular weight excluding hydrogens is 482 g/mol. The lowest BCUT2D eigenvalue weighted by molar-refractivity contribution is -0.137. The van der Waals surface area contributed by atoms with Gasteiger partial charge in [0.05, 0.1) is 22.1 Å². The number of nitrogens with one attached hydrogen (secondary N) is 4. The minimum absolute atomic E-state index is 0.0794. The summed E-state index contributed by atoms with van der Waals surface area (Å²) in [4.78, 5) is 44.3. The van der Waals surface area contributed by atoms with Crippen molar-refractivity contribution in [2.75, 3.05) is 16.0 Å². The number of nitrogens with zero attached hydrogens (tertiary/aromatic N) is 1. The third kappa shape index (κ3) is 4.86. The van der Waals surface area contributed by atoms with Gasteiger partial charge >= 0.3 is 6.18 Å². The van der Waals surface area contributed by atoms with Crippen molar-refractivity contribution in [2.45, 2.75) is 18.5 Å². The van der Waals surface area contributed by atoms with Crippen molar-refractivity contribution >= 4 is 46.6 Å². The molecule has 4 N–H and O–H groups in total. The summed E-state index contributed by atoms with van der Waals surface area (Å²) in [6.45, 7) is 0. The van der Waals surface area contributed by atoms with E-state index in [9.17, 15) is 31.9 Å². The lowest BCUT2D eigenvalue weighted by atomic mass is 9.92. The first-order valence-corrected chi connectivity index (χ1v) is 10.0. The molecule has 1 unspecified atom stereocenters. The van der Waals surface area contributed by atoms with E-state index in [-0.39, 0.29) is 23.0 Å². The molecule has 0 saturated heterocycles. The number of carbonyl (C=O) groups is 2. The van der Waals surface area contributed by atoms with E-state index in [0.29, 0.717) is 11.8 Å². The van der Waals surface area contributed by atoms with Crippen LogP contribution in [0.5, 0.6) is 0 Å². The van der Waals surface area contributed by atoms with Crippen LogP contribution in [0, 0.1) is 5.82 Å². The second-order valence-corrected chi connectivity index (χ2v) is 7.70. The Morgan fingerprint density at radius 2 is 1.76 bits per heavy atom. The van der Waals surface area contributed by atoms with E-state index in [1.165, 1.54) is 24.3 Å². The molecular formula is C21H14ClF4N5O3. The van der Waals surface area contributed by atoms with Crippen LogP contribution in [0.25, 0.3) is 0 Å². The van der Waals surface area contributed by atoms with Crippen LogP contribution < -0.4 is 21.5 Å². The van der Waals surface area contributed by atoms with E-state index < -0.39 is 52.3 Å². The standard InChI is InChI=1S/C21H14ClF4N5O3/c22-14-6-5-11(7-13(14)21(24,25)26)27-18(33)12-8-15(32)29-17-16(12)19(34)31-20(30-17)28-10-3-1-9(23)2-4-10/h1-7,12H,8H2,(H,27,33)(H3,28,29,30,31,32,34). The lowest BCUT2D eigenvalue weighted by Gasteiger charge is -2.24. The van der Waals surface area contributed by atoms with Crippen molar-refractivity contribution in [3.63, 3.8) is 0 Å². The van der Waals surface area contributed by atoms with Crippen molar-refractivity contribution in [3.8, 4) is 0 Å². The summed E-state index contributed by atoms with van der Waals surface area (Å²) in [6.07, 6.45) is -5.17. The van der Waals surface area contributed by atoms with Gasteiger partial charge in [0.1, 0.15) is 11.6 Å². The number of fused-ring (bicyclic) bond motifs is 1. The molecule has 4 rings (SSSR count). The van der Waals surface area contributed by atoms with Crippen molar-refractivity contribution in [1.82, 2.24) is 9.97 Å². The lowest BCUT2D eigenvalue weighted by Crippen LogP contribution is -2.36. The molecule has 2 heterocycles. The number of anilines is 4. The molecule has 0 aliphatic carbocycles. The summed E-state index contributed by atoms with van der Waals surface area (Å²) < 4.78 is 52.4. The quantitative estimate of drug-likeness (QED) is 0.401. The highest BCUT2D eigenvalue weighted by molar-refractivity contribution is 6.31. The number of aromatic amines is 1. The molecule has 0 spiro atoms. The molecule has 0 fully saturated rings. The first-order valence-electron chi connectivity index (χ1n) is 9.65. The molecule has 176 valence electrons. The minimum atomic E-state index is -4.75. The summed E-state index contributed by atoms with van der Waals surface area (Å²) >= 11 is 5.59. The largest absolute Gasteiger partial charge is 0.417 e. The average molecular weight is 496 g/mol. The Balaban J connectivity index is 1.62. The number of H-pyrrole nitrogens is 1. The number of halogens is 5. The Bertz CT molecular complexity index is 1340. The van der Waals surface area contributed by atoms with Crippen molar-refractivity contribution in [3.05, 3.63) is 74.8 Å². The van der Waals surface area contributed by atoms with Crippen LogP contribution >= 0.6 is 11.6 Å². The van der Waals surface area contributed by atoms with Gasteiger partial charge in [-0.3, -0.25) is 19.4 Å². The van der Waals surface area contributed by atoms with Gasteiger partial charge in [-0.2, -0.15) is 18.2 Å². The molecule has 1 aliphatic rings. The first kappa shape index (κ1) is 23.2. The van der Waals surface area contributed by atoms with Gasteiger partial charge in [-0.25, -0.2) is 4.39 Å². The summed E-state index contributed by atoms with van der Waals surface area (Å²) in [5.74, 6) is -3.55. The highest BCUT2D eigenvalue weighted by atomic mass is 35.5. The topological polar surface area (TPSA) is 116 Å². The fourth-order valence-corrected chi connectivity index (χ4v) is 3.60. The van der Waals surface area contributed by atoms with E-state index in [2.05, 4.69) is 25.9 Å². The zero-order valence-corrected chi connectivity index (χ0v) is 17.6. The fourth-order valence-electron chi connectivity index (χ4n) is 3.37. The molecule has 1 aliphatic heterocycles. The molecule has 13 heteroatoms. The molecule has 0 bridgehead atoms. The van der Waals surface area contributed by atoms with Crippen LogP contribution in [0.3, 0.4) is 0 Å². The van der Waals surface area contributed by atoms with E-state index in [0.717, 1.165) is 12.1 Å². The Kier molecular flexibility index (Phi) is 6.00. The van der Waals surface area contributed by atoms with Gasteiger partial charge in [-0.1, -0.05) is 11.6 Å². The van der Waals surface area contributed by atoms with E-state index >= 15 is 0 Å². The van der Waals surface area contributed by atoms with Crippen molar-refractivity contribution in [1.29, 1.82) is 0 Å². The third-order valence-corrected chi connectivity index (χ3v) is 5.24. The van der Waals surface area contributed by atoms with Gasteiger partial charge < -0.3 is 16.0 Å². The molecule has 1 atom stereocenters. The molecule has 0 radical (unpaired) electrons. The minimum Gasteiger partial charge on any atom is -0.326 e. The monoisotopic (exact) mass is 495 g/mol. The molecule has 3 aromatic rings. The number of benzene rings is 2. The maximum absolute atomic E-state index is 13.1. The predicted molar refractivity (Wildman–Crippen MR) is 116 cm³/mol. The zero-order valence-electron chi connectivity index (χ0n) is 16.9. The highest BCUT2D eigenvalue weighted by Crippen LogP contribution is 2.37. The maximum atomic E-state index is 13.1. The van der Waals surface area contributed by atoms with Crippen LogP contribution in [0.1, 0.15) is 23.5 Å². The summed E-state index contributed by atoms with van der Waals surface area (Å²) in [6, 6.07) is 7.95. The highest BCUT2D eigenvalue weighted by Gasteiger charge is 2.36. The van der Waals surface area contributed by atoms with Gasteiger partial charge in [0.25, 0.3) is 5.56 Å². The zero-order chi connectivity index (χ0) is 24.6. The predicted octanol–water partition coefficient (Wildman–Crippen LogP) is 4.39. The van der Waals surface area contributed by atoms with Crippen LogP contribution in [0.15, 0.2) is 47.3 Å². The second kappa shape index (κ2) is 8.78. The van der Waals surface area contributed by atoms with Crippen molar-refractivity contribution in [2.24, 2.45) is 0 Å². The summed E-state index contributed by atoms with van der Waals surface area (Å²) in [5, 5.41) is 6.89. The van der Waals surface area contributed by atoms with Crippen LogP contribution in [-0.4, -0.2) is 21.8 Å². The fraction of sp³-hybridized carbons (Fsp3) is 0.143. The SMILES string of the molecule is O=C1CC(C(=O)Nc2ccc(Cl)c(C(F)(F)F)c2)c2c(nc(Nc3ccc(F)cc3)[nH]c2=O)N1. The molecule has 1 aromatic heterocycles.